The van der Waals surface area contributed by atoms with Gasteiger partial charge in [0.15, 0.2) is 0 Å². The summed E-state index contributed by atoms with van der Waals surface area (Å²) >= 11 is 0. The second-order valence-corrected chi connectivity index (χ2v) is 5.78. The molecule has 3 nitrogen and oxygen atoms in total. The molecule has 1 aliphatic carbocycles. The molecular weight excluding hydrogens is 284 g/mol. The second-order valence-electron chi connectivity index (χ2n) is 5.78. The van der Waals surface area contributed by atoms with E-state index >= 15 is 0 Å². The second kappa shape index (κ2) is 9.80. The van der Waals surface area contributed by atoms with Crippen molar-refractivity contribution >= 4 is 24.0 Å². The minimum Gasteiger partial charge on any atom is -0.326 e. The number of hydrogen-bond acceptors (Lipinski definition) is 2. The summed E-state index contributed by atoms with van der Waals surface area (Å²) in [6, 6.07) is 8.00. The maximum atomic E-state index is 12.1. The van der Waals surface area contributed by atoms with Gasteiger partial charge in [0.2, 0.25) is 5.91 Å². The van der Waals surface area contributed by atoms with Gasteiger partial charge in [-0.1, -0.05) is 50.3 Å². The highest BCUT2D eigenvalue weighted by Gasteiger charge is 2.15. The van der Waals surface area contributed by atoms with E-state index in [1.165, 1.54) is 32.1 Å². The third kappa shape index (κ3) is 6.06. The highest BCUT2D eigenvalue weighted by Crippen LogP contribution is 2.27. The third-order valence-electron chi connectivity index (χ3n) is 4.16. The van der Waals surface area contributed by atoms with Crippen molar-refractivity contribution in [3.63, 3.8) is 0 Å². The van der Waals surface area contributed by atoms with Crippen LogP contribution >= 0.6 is 12.4 Å². The molecule has 0 spiro atoms. The van der Waals surface area contributed by atoms with Crippen molar-refractivity contribution in [2.75, 3.05) is 12.4 Å². The van der Waals surface area contributed by atoms with Gasteiger partial charge < -0.3 is 10.6 Å². The van der Waals surface area contributed by atoms with E-state index in [4.69, 9.17) is 0 Å². The Hall–Kier alpha value is -1.06. The summed E-state index contributed by atoms with van der Waals surface area (Å²) in [6.45, 7) is 0.777. The van der Waals surface area contributed by atoms with Crippen LogP contribution in [0.1, 0.15) is 50.5 Å². The first-order valence-corrected chi connectivity index (χ1v) is 7.82. The highest BCUT2D eigenvalue weighted by atomic mass is 35.5. The molecule has 2 N–H and O–H groups in total. The van der Waals surface area contributed by atoms with Crippen LogP contribution in [0.3, 0.4) is 0 Å². The van der Waals surface area contributed by atoms with Crippen LogP contribution in [0.25, 0.3) is 0 Å². The van der Waals surface area contributed by atoms with Gasteiger partial charge in [0.25, 0.3) is 0 Å². The number of anilines is 1. The van der Waals surface area contributed by atoms with Crippen molar-refractivity contribution in [1.29, 1.82) is 0 Å². The van der Waals surface area contributed by atoms with Gasteiger partial charge in [0.1, 0.15) is 0 Å². The first kappa shape index (κ1) is 18.0. The summed E-state index contributed by atoms with van der Waals surface area (Å²) in [4.78, 5) is 12.1. The Labute approximate surface area is 134 Å². The average molecular weight is 311 g/mol. The number of amides is 1. The lowest BCUT2D eigenvalue weighted by molar-refractivity contribution is -0.116. The number of halogens is 1. The zero-order valence-corrected chi connectivity index (χ0v) is 13.7. The first-order chi connectivity index (χ1) is 9.79. The van der Waals surface area contributed by atoms with Gasteiger partial charge in [0, 0.05) is 18.7 Å². The largest absolute Gasteiger partial charge is 0.326 e. The fourth-order valence-electron chi connectivity index (χ4n) is 3.01. The number of hydrogen-bond donors (Lipinski definition) is 2. The molecule has 1 saturated carbocycles. The molecule has 1 amide bonds. The molecule has 0 atom stereocenters. The molecule has 0 unspecified atom stereocenters. The minimum absolute atomic E-state index is 0. The molecule has 1 aromatic rings. The maximum absolute atomic E-state index is 12.1. The Morgan fingerprint density at radius 1 is 1.19 bits per heavy atom. The van der Waals surface area contributed by atoms with E-state index in [-0.39, 0.29) is 18.3 Å². The van der Waals surface area contributed by atoms with E-state index in [0.717, 1.165) is 30.1 Å². The van der Waals surface area contributed by atoms with Crippen LogP contribution in [0.15, 0.2) is 24.3 Å². The zero-order valence-electron chi connectivity index (χ0n) is 12.9. The van der Waals surface area contributed by atoms with E-state index in [2.05, 4.69) is 10.6 Å². The Kier molecular flexibility index (Phi) is 8.40. The average Bonchev–Trinajstić information content (AvgIpc) is 2.49. The molecule has 0 aliphatic heterocycles. The van der Waals surface area contributed by atoms with Crippen molar-refractivity contribution in [2.24, 2.45) is 5.92 Å². The molecule has 0 bridgehead atoms. The Morgan fingerprint density at radius 3 is 2.62 bits per heavy atom. The van der Waals surface area contributed by atoms with Gasteiger partial charge in [-0.2, -0.15) is 0 Å². The number of nitrogens with one attached hydrogen (secondary N) is 2. The molecule has 0 aromatic heterocycles. The van der Waals surface area contributed by atoms with Gasteiger partial charge in [-0.15, -0.1) is 12.4 Å². The third-order valence-corrected chi connectivity index (χ3v) is 4.16. The monoisotopic (exact) mass is 310 g/mol. The molecule has 4 heteroatoms. The molecule has 0 heterocycles. The van der Waals surface area contributed by atoms with Crippen molar-refractivity contribution in [1.82, 2.24) is 5.32 Å². The van der Waals surface area contributed by atoms with Gasteiger partial charge in [-0.25, -0.2) is 0 Å². The van der Waals surface area contributed by atoms with Gasteiger partial charge in [-0.3, -0.25) is 4.79 Å². The highest BCUT2D eigenvalue weighted by molar-refractivity contribution is 5.91. The molecule has 2 rings (SSSR count). The van der Waals surface area contributed by atoms with Crippen molar-refractivity contribution in [2.45, 2.75) is 51.5 Å². The Bertz CT molecular complexity index is 431. The van der Waals surface area contributed by atoms with Crippen LogP contribution < -0.4 is 10.6 Å². The van der Waals surface area contributed by atoms with Crippen LogP contribution in [-0.2, 0) is 11.3 Å². The lowest BCUT2D eigenvalue weighted by atomic mass is 9.86. The summed E-state index contributed by atoms with van der Waals surface area (Å²) in [5.74, 6) is 0.918. The van der Waals surface area contributed by atoms with E-state index in [0.29, 0.717) is 6.42 Å². The molecule has 1 aliphatic rings. The normalized spacial score (nSPS) is 15.3. The van der Waals surface area contributed by atoms with E-state index in [1.807, 2.05) is 31.3 Å². The molecule has 0 saturated heterocycles. The lowest BCUT2D eigenvalue weighted by Crippen LogP contribution is -2.17. The molecule has 1 fully saturated rings. The van der Waals surface area contributed by atoms with E-state index in [9.17, 15) is 4.79 Å². The predicted octanol–water partition coefficient (Wildman–Crippen LogP) is 4.13. The predicted molar refractivity (Wildman–Crippen MR) is 90.9 cm³/mol. The first-order valence-electron chi connectivity index (χ1n) is 7.82. The SMILES string of the molecule is CNCc1ccccc1NC(=O)CCC1CCCCC1.Cl. The van der Waals surface area contributed by atoms with E-state index in [1.54, 1.807) is 0 Å². The summed E-state index contributed by atoms with van der Waals surface area (Å²) in [6.07, 6.45) is 8.38. The number of para-hydroxylation sites is 1. The van der Waals surface area contributed by atoms with Crippen molar-refractivity contribution in [3.8, 4) is 0 Å². The number of carbonyl (C=O) groups excluding carboxylic acids is 1. The van der Waals surface area contributed by atoms with Crippen molar-refractivity contribution < 1.29 is 4.79 Å². The fraction of sp³-hybridized carbons (Fsp3) is 0.588. The van der Waals surface area contributed by atoms with Crippen LogP contribution in [0.5, 0.6) is 0 Å². The standard InChI is InChI=1S/C17H26N2O.ClH/c1-18-13-15-9-5-6-10-16(15)19-17(20)12-11-14-7-3-2-4-8-14;/h5-6,9-10,14,18H,2-4,7-8,11-13H2,1H3,(H,19,20);1H. The Morgan fingerprint density at radius 2 is 1.90 bits per heavy atom. The number of benzene rings is 1. The Balaban J connectivity index is 0.00000220. The fourth-order valence-corrected chi connectivity index (χ4v) is 3.01. The van der Waals surface area contributed by atoms with Gasteiger partial charge >= 0.3 is 0 Å². The van der Waals surface area contributed by atoms with Crippen LogP contribution in [-0.4, -0.2) is 13.0 Å². The smallest absolute Gasteiger partial charge is 0.224 e. The quantitative estimate of drug-likeness (QED) is 0.829. The zero-order chi connectivity index (χ0) is 14.2. The topological polar surface area (TPSA) is 41.1 Å². The summed E-state index contributed by atoms with van der Waals surface area (Å²) < 4.78 is 0. The van der Waals surface area contributed by atoms with Crippen LogP contribution in [0.4, 0.5) is 5.69 Å². The van der Waals surface area contributed by atoms with Gasteiger partial charge in [0.05, 0.1) is 0 Å². The molecule has 1 aromatic carbocycles. The van der Waals surface area contributed by atoms with Crippen LogP contribution in [0.2, 0.25) is 0 Å². The molecule has 118 valence electrons. The molecular formula is C17H27ClN2O. The maximum Gasteiger partial charge on any atom is 0.224 e. The number of rotatable bonds is 6. The van der Waals surface area contributed by atoms with Crippen LogP contribution in [0, 0.1) is 5.92 Å². The lowest BCUT2D eigenvalue weighted by Gasteiger charge is -2.21. The number of carbonyl (C=O) groups is 1. The summed E-state index contributed by atoms with van der Waals surface area (Å²) in [5, 5.41) is 6.19. The summed E-state index contributed by atoms with van der Waals surface area (Å²) in [7, 11) is 1.92. The minimum atomic E-state index is 0. The van der Waals surface area contributed by atoms with Gasteiger partial charge in [-0.05, 0) is 31.0 Å². The van der Waals surface area contributed by atoms with Crippen molar-refractivity contribution in [3.05, 3.63) is 29.8 Å². The molecule has 21 heavy (non-hydrogen) atoms. The molecule has 0 radical (unpaired) electrons. The van der Waals surface area contributed by atoms with E-state index < -0.39 is 0 Å². The summed E-state index contributed by atoms with van der Waals surface area (Å²) in [5.41, 5.74) is 2.08.